The van der Waals surface area contributed by atoms with Gasteiger partial charge >= 0.3 is 0 Å². The molecule has 0 aromatic carbocycles. The highest BCUT2D eigenvalue weighted by atomic mass is 32.2. The maximum absolute atomic E-state index is 12.2. The molecule has 3 N–H and O–H groups in total. The molecule has 2 rings (SSSR count). The van der Waals surface area contributed by atoms with Gasteiger partial charge in [0.25, 0.3) is 0 Å². The first-order valence-corrected chi connectivity index (χ1v) is 8.54. The Morgan fingerprint density at radius 1 is 1.40 bits per heavy atom. The molecule has 0 saturated carbocycles. The van der Waals surface area contributed by atoms with Crippen molar-refractivity contribution in [2.45, 2.75) is 24.1 Å². The quantitative estimate of drug-likeness (QED) is 0.712. The fourth-order valence-electron chi connectivity index (χ4n) is 1.68. The van der Waals surface area contributed by atoms with Crippen molar-refractivity contribution >= 4 is 21.4 Å². The number of sulfonamides is 1. The molecule has 0 aliphatic carbocycles. The molecule has 0 spiro atoms. The smallest absolute Gasteiger partial charge is 0.250 e. The number of likely N-dealkylation sites (N-methyl/N-ethyl adjacent to an activating group) is 1. The van der Waals surface area contributed by atoms with E-state index in [1.54, 1.807) is 12.3 Å². The van der Waals surface area contributed by atoms with Crippen LogP contribution in [-0.4, -0.2) is 32.2 Å². The average Bonchev–Trinajstić information content (AvgIpc) is 3.03. The van der Waals surface area contributed by atoms with Gasteiger partial charge in [-0.2, -0.15) is 5.10 Å². The van der Waals surface area contributed by atoms with E-state index in [0.29, 0.717) is 4.21 Å². The Morgan fingerprint density at radius 2 is 2.20 bits per heavy atom. The summed E-state index contributed by atoms with van der Waals surface area (Å²) in [6.45, 7) is 2.94. The minimum absolute atomic E-state index is 0.244. The van der Waals surface area contributed by atoms with E-state index in [2.05, 4.69) is 20.2 Å². The van der Waals surface area contributed by atoms with E-state index in [4.69, 9.17) is 0 Å². The van der Waals surface area contributed by atoms with Gasteiger partial charge in [0.05, 0.1) is 6.20 Å². The summed E-state index contributed by atoms with van der Waals surface area (Å²) >= 11 is 1.31. The number of nitrogens with one attached hydrogen (secondary N) is 3. The predicted octanol–water partition coefficient (Wildman–Crippen LogP) is 1.02. The number of nitrogens with zero attached hydrogens (tertiary/aromatic N) is 1. The van der Waals surface area contributed by atoms with Crippen LogP contribution in [0.25, 0.3) is 0 Å². The van der Waals surface area contributed by atoms with E-state index in [1.807, 2.05) is 20.0 Å². The second-order valence-electron chi connectivity index (χ2n) is 4.42. The third-order valence-corrected chi connectivity index (χ3v) is 5.95. The molecule has 110 valence electrons. The van der Waals surface area contributed by atoms with Crippen molar-refractivity contribution in [3.8, 4) is 0 Å². The van der Waals surface area contributed by atoms with Gasteiger partial charge in [-0.1, -0.05) is 0 Å². The molecule has 2 aromatic rings. The molecule has 2 aromatic heterocycles. The molecule has 2 heterocycles. The zero-order chi connectivity index (χ0) is 14.6. The van der Waals surface area contributed by atoms with Crippen LogP contribution < -0.4 is 10.0 Å². The highest BCUT2D eigenvalue weighted by molar-refractivity contribution is 7.91. The topological polar surface area (TPSA) is 86.9 Å². The largest absolute Gasteiger partial charge is 0.319 e. The van der Waals surface area contributed by atoms with Crippen LogP contribution in [0.4, 0.5) is 0 Å². The SMILES string of the molecule is CNCCc1ccc(S(=O)(=O)NCc2cn[nH]c2C)s1. The normalized spacial score (nSPS) is 11.9. The molecule has 0 aliphatic heterocycles. The van der Waals surface area contributed by atoms with Gasteiger partial charge in [0, 0.05) is 22.7 Å². The summed E-state index contributed by atoms with van der Waals surface area (Å²) in [6, 6.07) is 3.51. The zero-order valence-corrected chi connectivity index (χ0v) is 13.1. The van der Waals surface area contributed by atoms with Crippen LogP contribution in [0, 0.1) is 6.92 Å². The fraction of sp³-hybridized carbons (Fsp3) is 0.417. The summed E-state index contributed by atoms with van der Waals surface area (Å²) in [6.07, 6.45) is 2.46. The van der Waals surface area contributed by atoms with Gasteiger partial charge < -0.3 is 5.32 Å². The third kappa shape index (κ3) is 3.66. The minimum atomic E-state index is -3.45. The Kier molecular flexibility index (Phi) is 4.92. The summed E-state index contributed by atoms with van der Waals surface area (Å²) in [7, 11) is -1.58. The average molecular weight is 314 g/mol. The zero-order valence-electron chi connectivity index (χ0n) is 11.4. The van der Waals surface area contributed by atoms with Crippen molar-refractivity contribution in [2.24, 2.45) is 0 Å². The standard InChI is InChI=1S/C12H18N4O2S2/c1-9-10(7-14-16-9)8-15-20(17,18)12-4-3-11(19-12)5-6-13-2/h3-4,7,13,15H,5-6,8H2,1-2H3,(H,14,16). The lowest BCUT2D eigenvalue weighted by Gasteiger charge is -2.03. The van der Waals surface area contributed by atoms with Crippen LogP contribution >= 0.6 is 11.3 Å². The molecule has 0 saturated heterocycles. The van der Waals surface area contributed by atoms with Crippen molar-refractivity contribution in [2.75, 3.05) is 13.6 Å². The van der Waals surface area contributed by atoms with Crippen LogP contribution in [0.1, 0.15) is 16.1 Å². The van der Waals surface area contributed by atoms with Crippen LogP contribution in [0.3, 0.4) is 0 Å². The number of aromatic amines is 1. The molecule has 0 radical (unpaired) electrons. The van der Waals surface area contributed by atoms with Crippen molar-refractivity contribution in [3.05, 3.63) is 34.5 Å². The summed E-state index contributed by atoms with van der Waals surface area (Å²) in [5.41, 5.74) is 1.72. The molecule has 0 unspecified atom stereocenters. The third-order valence-electron chi connectivity index (χ3n) is 2.91. The molecule has 0 amide bonds. The van der Waals surface area contributed by atoms with E-state index >= 15 is 0 Å². The lowest BCUT2D eigenvalue weighted by molar-refractivity contribution is 0.583. The van der Waals surface area contributed by atoms with Gasteiger partial charge in [-0.25, -0.2) is 13.1 Å². The number of hydrogen-bond acceptors (Lipinski definition) is 5. The van der Waals surface area contributed by atoms with Crippen molar-refractivity contribution in [3.63, 3.8) is 0 Å². The molecular formula is C12H18N4O2S2. The van der Waals surface area contributed by atoms with Gasteiger partial charge in [0.2, 0.25) is 10.0 Å². The summed E-state index contributed by atoms with van der Waals surface area (Å²) < 4.78 is 27.3. The van der Waals surface area contributed by atoms with Crippen LogP contribution in [-0.2, 0) is 23.0 Å². The van der Waals surface area contributed by atoms with Crippen LogP contribution in [0.5, 0.6) is 0 Å². The van der Waals surface area contributed by atoms with Crippen LogP contribution in [0.15, 0.2) is 22.5 Å². The van der Waals surface area contributed by atoms with Crippen molar-refractivity contribution in [1.29, 1.82) is 0 Å². The van der Waals surface area contributed by atoms with Gasteiger partial charge in [-0.15, -0.1) is 11.3 Å². The molecule has 8 heteroatoms. The Labute approximate surface area is 122 Å². The summed E-state index contributed by atoms with van der Waals surface area (Å²) in [5.74, 6) is 0. The maximum Gasteiger partial charge on any atom is 0.250 e. The summed E-state index contributed by atoms with van der Waals surface area (Å²) in [5, 5.41) is 9.70. The lowest BCUT2D eigenvalue weighted by atomic mass is 10.3. The molecule has 20 heavy (non-hydrogen) atoms. The molecule has 0 bridgehead atoms. The first kappa shape index (κ1) is 15.2. The highest BCUT2D eigenvalue weighted by Crippen LogP contribution is 2.22. The number of rotatable bonds is 7. The number of aromatic nitrogens is 2. The maximum atomic E-state index is 12.2. The fourth-order valence-corrected chi connectivity index (χ4v) is 4.09. The monoisotopic (exact) mass is 314 g/mol. The van der Waals surface area contributed by atoms with E-state index in [1.165, 1.54) is 11.3 Å². The Balaban J connectivity index is 2.03. The van der Waals surface area contributed by atoms with Crippen molar-refractivity contribution in [1.82, 2.24) is 20.2 Å². The number of hydrogen-bond donors (Lipinski definition) is 3. The molecule has 0 aliphatic rings. The minimum Gasteiger partial charge on any atom is -0.319 e. The lowest BCUT2D eigenvalue weighted by Crippen LogP contribution is -2.22. The van der Waals surface area contributed by atoms with E-state index in [0.717, 1.165) is 29.1 Å². The van der Waals surface area contributed by atoms with Gasteiger partial charge in [0.15, 0.2) is 0 Å². The van der Waals surface area contributed by atoms with E-state index < -0.39 is 10.0 Å². The van der Waals surface area contributed by atoms with Gasteiger partial charge in [-0.05, 0) is 39.1 Å². The van der Waals surface area contributed by atoms with Gasteiger partial charge in [-0.3, -0.25) is 5.10 Å². The van der Waals surface area contributed by atoms with E-state index in [9.17, 15) is 8.42 Å². The second kappa shape index (κ2) is 6.49. The molecule has 0 fully saturated rings. The van der Waals surface area contributed by atoms with Crippen LogP contribution in [0.2, 0.25) is 0 Å². The van der Waals surface area contributed by atoms with E-state index in [-0.39, 0.29) is 6.54 Å². The molecular weight excluding hydrogens is 296 g/mol. The Hall–Kier alpha value is -1.22. The summed E-state index contributed by atoms with van der Waals surface area (Å²) in [4.78, 5) is 1.05. The second-order valence-corrected chi connectivity index (χ2v) is 7.58. The number of thiophene rings is 1. The molecule has 0 atom stereocenters. The molecule has 6 nitrogen and oxygen atoms in total. The highest BCUT2D eigenvalue weighted by Gasteiger charge is 2.17. The number of H-pyrrole nitrogens is 1. The van der Waals surface area contributed by atoms with Crippen molar-refractivity contribution < 1.29 is 8.42 Å². The van der Waals surface area contributed by atoms with Gasteiger partial charge in [0.1, 0.15) is 4.21 Å². The first-order chi connectivity index (χ1) is 9.53. The Bertz CT molecular complexity index is 661. The number of aryl methyl sites for hydroxylation is 1. The first-order valence-electron chi connectivity index (χ1n) is 6.25. The Morgan fingerprint density at radius 3 is 2.85 bits per heavy atom. The predicted molar refractivity (Wildman–Crippen MR) is 79.3 cm³/mol.